The summed E-state index contributed by atoms with van der Waals surface area (Å²) in [5.74, 6) is 0.863. The van der Waals surface area contributed by atoms with Gasteiger partial charge in [0.15, 0.2) is 5.82 Å². The van der Waals surface area contributed by atoms with Crippen molar-refractivity contribution in [3.05, 3.63) is 134 Å². The van der Waals surface area contributed by atoms with E-state index in [9.17, 15) is 19.5 Å². The van der Waals surface area contributed by atoms with Crippen LogP contribution in [0, 0.1) is 33.6 Å². The number of aliphatic hydroxyl groups is 1. The van der Waals surface area contributed by atoms with E-state index in [4.69, 9.17) is 21.3 Å². The predicted octanol–water partition coefficient (Wildman–Crippen LogP) is 8.08. The van der Waals surface area contributed by atoms with E-state index >= 15 is 0 Å². The maximum Gasteiger partial charge on any atom is 0.248 e. The van der Waals surface area contributed by atoms with Crippen molar-refractivity contribution in [1.82, 2.24) is 50.0 Å². The van der Waals surface area contributed by atoms with Crippen molar-refractivity contribution in [2.45, 2.75) is 110 Å². The zero-order valence-corrected chi connectivity index (χ0v) is 42.6. The number of halogens is 1. The minimum absolute atomic E-state index is 0.0503. The molecule has 0 spiro atoms. The Kier molecular flexibility index (Phi) is 13.5. The third-order valence-electron chi connectivity index (χ3n) is 13.6. The van der Waals surface area contributed by atoms with E-state index in [-0.39, 0.29) is 61.7 Å². The second kappa shape index (κ2) is 19.9. The number of hydrogen-bond donors (Lipinski definition) is 3. The lowest BCUT2D eigenvalue weighted by Crippen LogP contribution is -2.49. The number of ether oxygens (including phenoxy) is 1. The van der Waals surface area contributed by atoms with Crippen molar-refractivity contribution in [3.8, 4) is 32.4 Å². The second-order valence-electron chi connectivity index (χ2n) is 18.9. The lowest BCUT2D eigenvalue weighted by Gasteiger charge is -2.35. The average molecular weight is 1010 g/mol. The summed E-state index contributed by atoms with van der Waals surface area (Å²) in [6, 6.07) is 17.1. The van der Waals surface area contributed by atoms with Gasteiger partial charge in [0, 0.05) is 83.4 Å². The number of nitrogens with zero attached hydrogens (tertiary/aromatic N) is 9. The van der Waals surface area contributed by atoms with Gasteiger partial charge in [0.1, 0.15) is 35.1 Å². The van der Waals surface area contributed by atoms with Gasteiger partial charge in [-0.1, -0.05) is 61.8 Å². The number of aromatic nitrogens is 7. The summed E-state index contributed by atoms with van der Waals surface area (Å²) in [5, 5.41) is 32.1. The monoisotopic (exact) mass is 1010 g/mol. The first kappa shape index (κ1) is 48.0. The number of carbonyl (C=O) groups is 3. The third kappa shape index (κ3) is 9.77. The first-order valence-corrected chi connectivity index (χ1v) is 25.8. The van der Waals surface area contributed by atoms with Gasteiger partial charge < -0.3 is 25.4 Å². The van der Waals surface area contributed by atoms with E-state index in [1.165, 1.54) is 9.78 Å². The zero-order chi connectivity index (χ0) is 49.7. The molecule has 7 aromatic rings. The van der Waals surface area contributed by atoms with Gasteiger partial charge in [-0.3, -0.25) is 28.6 Å². The minimum atomic E-state index is -0.830. The Labute approximate surface area is 424 Å². The summed E-state index contributed by atoms with van der Waals surface area (Å²) >= 11 is 9.53. The fraction of sp³-hybridized carbons (Fsp3) is 0.365. The molecule has 3 amide bonds. The summed E-state index contributed by atoms with van der Waals surface area (Å²) in [4.78, 5) is 59.5. The normalized spacial score (nSPS) is 19.9. The number of aryl methyl sites for hydroxylation is 3. The van der Waals surface area contributed by atoms with Crippen LogP contribution in [-0.2, 0) is 20.9 Å². The molecule has 0 radical (unpaired) electrons. The van der Waals surface area contributed by atoms with E-state index in [0.29, 0.717) is 29.6 Å². The number of β-amino-alcohol motifs (C(OH)–C–C–N with tert-alkyl or cyclic N) is 1. The Hall–Kier alpha value is -6.60. The van der Waals surface area contributed by atoms with Crippen LogP contribution in [0.1, 0.15) is 96.1 Å². The molecule has 2 fully saturated rings. The van der Waals surface area contributed by atoms with Gasteiger partial charge in [0.2, 0.25) is 23.6 Å². The van der Waals surface area contributed by atoms with Crippen LogP contribution in [0.5, 0.6) is 5.88 Å². The maximum atomic E-state index is 14.3. The molecule has 19 heteroatoms. The average Bonchev–Trinajstić information content (AvgIpc) is 4.19. The number of aliphatic imine (C=N–C) groups is 1. The highest BCUT2D eigenvalue weighted by atomic mass is 35.5. The number of rotatable bonds is 14. The molecule has 1 saturated heterocycles. The van der Waals surface area contributed by atoms with Gasteiger partial charge >= 0.3 is 0 Å². The number of fused-ring (bicyclic) bond motifs is 3. The Morgan fingerprint density at radius 2 is 1.69 bits per heavy atom. The number of thiazole rings is 1. The molecular weight excluding hydrogens is 958 g/mol. The van der Waals surface area contributed by atoms with Crippen LogP contribution < -0.4 is 15.4 Å². The van der Waals surface area contributed by atoms with Gasteiger partial charge in [-0.05, 0) is 74.1 Å². The molecule has 10 rings (SSSR count). The van der Waals surface area contributed by atoms with E-state index in [2.05, 4.69) is 49.7 Å². The van der Waals surface area contributed by atoms with Crippen LogP contribution in [0.3, 0.4) is 0 Å². The molecule has 1 saturated carbocycles. The molecule has 2 aliphatic heterocycles. The number of aliphatic hydroxyl groups excluding tert-OH is 1. The maximum absolute atomic E-state index is 14.3. The van der Waals surface area contributed by atoms with E-state index in [0.717, 1.165) is 66.1 Å². The van der Waals surface area contributed by atoms with Crippen LogP contribution >= 0.6 is 34.3 Å². The zero-order valence-electron chi connectivity index (χ0n) is 40.2. The highest BCUT2D eigenvalue weighted by molar-refractivity contribution is 7.15. The highest BCUT2D eigenvalue weighted by Crippen LogP contribution is 2.40. The molecule has 366 valence electrons. The first-order chi connectivity index (χ1) is 34.2. The number of carbonyl (C=O) groups excluding carboxylic acids is 3. The first-order valence-electron chi connectivity index (χ1n) is 23.8. The van der Waals surface area contributed by atoms with E-state index in [1.807, 2.05) is 105 Å². The predicted molar refractivity (Wildman–Crippen MR) is 273 cm³/mol. The smallest absolute Gasteiger partial charge is 0.248 e. The standard InChI is InChI=1S/C52H54ClN11O5S2/c1-27(2)47(51(68)62-25-39(65)20-42(62)50(67)55-22-32-7-9-34(10-8-32)48-29(4)56-26-70-48)63-24-36(23-57-63)35-15-16-54-44(17-35)69-40-18-38(19-40)58-43(66)21-41-49-61-60-31(6)64(49)52-45(28(3)30(5)71-52)46(59-41)33-11-13-37(53)14-12-33/h7-17,23-24,26-27,38-42,47,65H,18-22,25H2,1-6H3,(H,55,67)(H,58,66)/t38-,39-,40+,41+,42+,47-/m1/s1. The van der Waals surface area contributed by atoms with Gasteiger partial charge in [-0.2, -0.15) is 5.10 Å². The van der Waals surface area contributed by atoms with Crippen molar-refractivity contribution in [3.63, 3.8) is 0 Å². The number of likely N-dealkylation sites (tertiary alicyclic amines) is 1. The Balaban J connectivity index is 0.757. The minimum Gasteiger partial charge on any atom is -0.474 e. The quantitative estimate of drug-likeness (QED) is 0.0959. The highest BCUT2D eigenvalue weighted by Gasteiger charge is 2.43. The topological polar surface area (TPSA) is 195 Å². The fourth-order valence-electron chi connectivity index (χ4n) is 9.68. The molecule has 2 aromatic carbocycles. The van der Waals surface area contributed by atoms with Crippen molar-refractivity contribution in [2.75, 3.05) is 6.54 Å². The van der Waals surface area contributed by atoms with Crippen LogP contribution in [0.4, 0.5) is 0 Å². The van der Waals surface area contributed by atoms with Gasteiger partial charge in [0.05, 0.1) is 40.5 Å². The Morgan fingerprint density at radius 3 is 2.42 bits per heavy atom. The molecule has 5 aromatic heterocycles. The SMILES string of the molecule is Cc1ncsc1-c1ccc(CNC(=O)[C@@H]2C[C@@H](O)CN2C(=O)[C@@H](C(C)C)n2cc(-c3ccnc(O[C@H]4C[C@@H](NC(=O)C[C@@H]5N=C(c6ccc(Cl)cc6)c6c(sc(C)c6C)-n6c(C)nnc65)C4)c3)cn2)cc1. The van der Waals surface area contributed by atoms with Crippen molar-refractivity contribution in [2.24, 2.45) is 10.9 Å². The molecule has 4 atom stereocenters. The number of pyridine rings is 1. The summed E-state index contributed by atoms with van der Waals surface area (Å²) < 4.78 is 9.99. The molecule has 1 aliphatic carbocycles. The summed E-state index contributed by atoms with van der Waals surface area (Å²) in [6.45, 7) is 12.3. The number of amides is 3. The van der Waals surface area contributed by atoms with Gasteiger partial charge in [-0.15, -0.1) is 32.9 Å². The van der Waals surface area contributed by atoms with Crippen LogP contribution in [0.15, 0.2) is 89.8 Å². The Morgan fingerprint density at radius 1 is 0.930 bits per heavy atom. The van der Waals surface area contributed by atoms with Gasteiger partial charge in [-0.25, -0.2) is 9.97 Å². The number of hydrogen-bond acceptors (Lipinski definition) is 13. The van der Waals surface area contributed by atoms with Gasteiger partial charge in [0.25, 0.3) is 0 Å². The second-order valence-corrected chi connectivity index (χ2v) is 21.4. The number of benzene rings is 2. The summed E-state index contributed by atoms with van der Waals surface area (Å²) in [5.41, 5.74) is 10.2. The summed E-state index contributed by atoms with van der Waals surface area (Å²) in [6.07, 6.45) is 5.64. The Bertz CT molecular complexity index is 3150. The lowest BCUT2D eigenvalue weighted by atomic mass is 9.89. The van der Waals surface area contributed by atoms with Crippen molar-refractivity contribution >= 4 is 57.7 Å². The van der Waals surface area contributed by atoms with Crippen molar-refractivity contribution < 1.29 is 24.2 Å². The number of thiophene rings is 1. The largest absolute Gasteiger partial charge is 0.474 e. The molecule has 7 heterocycles. The molecule has 0 unspecified atom stereocenters. The molecule has 16 nitrogen and oxygen atoms in total. The van der Waals surface area contributed by atoms with Crippen molar-refractivity contribution in [1.29, 1.82) is 0 Å². The van der Waals surface area contributed by atoms with Crippen LogP contribution in [-0.4, -0.2) is 98.8 Å². The molecule has 71 heavy (non-hydrogen) atoms. The fourth-order valence-corrected chi connectivity index (χ4v) is 11.8. The number of nitrogens with one attached hydrogen (secondary N) is 2. The van der Waals surface area contributed by atoms with E-state index < -0.39 is 24.2 Å². The molecule has 0 bridgehead atoms. The summed E-state index contributed by atoms with van der Waals surface area (Å²) in [7, 11) is 0. The van der Waals surface area contributed by atoms with Crippen LogP contribution in [0.2, 0.25) is 5.02 Å². The third-order valence-corrected chi connectivity index (χ3v) is 16.0. The molecular formula is C52H54ClN11O5S2. The molecule has 3 aliphatic rings. The van der Waals surface area contributed by atoms with Crippen LogP contribution in [0.25, 0.3) is 26.6 Å². The van der Waals surface area contributed by atoms with E-state index in [1.54, 1.807) is 39.7 Å². The molecule has 3 N–H and O–H groups in total. The lowest BCUT2D eigenvalue weighted by molar-refractivity contribution is -0.142.